The molecule has 0 aromatic carbocycles. The zero-order valence-electron chi connectivity index (χ0n) is 16.4. The van der Waals surface area contributed by atoms with E-state index in [1.54, 1.807) is 32.4 Å². The van der Waals surface area contributed by atoms with Crippen molar-refractivity contribution in [3.63, 3.8) is 0 Å². The molecular formula is C18H22N10O. The molecule has 4 aromatic rings. The van der Waals surface area contributed by atoms with Gasteiger partial charge in [0.15, 0.2) is 28.4 Å². The summed E-state index contributed by atoms with van der Waals surface area (Å²) < 4.78 is 9.14. The SMILES string of the molecule is COCCn1cnc2c(N3CCN(c4ncnc5ncn(C)c45)CC3)ncnc21. The van der Waals surface area contributed by atoms with Crippen LogP contribution in [-0.2, 0) is 18.3 Å². The number of nitrogens with zero attached hydrogens (tertiary/aromatic N) is 10. The van der Waals surface area contributed by atoms with Gasteiger partial charge in [0.1, 0.15) is 18.2 Å². The number of methoxy groups -OCH3 is 1. The molecule has 11 nitrogen and oxygen atoms in total. The number of ether oxygens (including phenoxy) is 1. The highest BCUT2D eigenvalue weighted by Crippen LogP contribution is 2.26. The van der Waals surface area contributed by atoms with Gasteiger partial charge in [-0.15, -0.1) is 0 Å². The highest BCUT2D eigenvalue weighted by Gasteiger charge is 2.24. The molecule has 5 rings (SSSR count). The molecule has 0 aliphatic carbocycles. The predicted octanol–water partition coefficient (Wildman–Crippen LogP) is 0.476. The van der Waals surface area contributed by atoms with Crippen molar-refractivity contribution in [2.45, 2.75) is 6.54 Å². The molecule has 150 valence electrons. The minimum absolute atomic E-state index is 0.616. The standard InChI is InChI=1S/C18H22N10O/c1-25-11-24-15-14(25)18(22-9-19-15)27-5-3-26(4-6-27)16-13-17(21-10-20-16)28(12-23-13)7-8-29-2/h9-12H,3-8H2,1-2H3. The summed E-state index contributed by atoms with van der Waals surface area (Å²) in [4.78, 5) is 31.2. The molecule has 0 unspecified atom stereocenters. The summed E-state index contributed by atoms with van der Waals surface area (Å²) in [5.41, 5.74) is 3.34. The number of hydrogen-bond acceptors (Lipinski definition) is 9. The summed E-state index contributed by atoms with van der Waals surface area (Å²) >= 11 is 0. The van der Waals surface area contributed by atoms with Gasteiger partial charge in [-0.05, 0) is 0 Å². The lowest BCUT2D eigenvalue weighted by molar-refractivity contribution is 0.188. The second-order valence-electron chi connectivity index (χ2n) is 7.00. The van der Waals surface area contributed by atoms with Crippen LogP contribution >= 0.6 is 0 Å². The van der Waals surface area contributed by atoms with Crippen molar-refractivity contribution >= 4 is 34.0 Å². The lowest BCUT2D eigenvalue weighted by atomic mass is 10.3. The van der Waals surface area contributed by atoms with Gasteiger partial charge in [0.05, 0.1) is 19.3 Å². The van der Waals surface area contributed by atoms with E-state index in [4.69, 9.17) is 4.74 Å². The van der Waals surface area contributed by atoms with Crippen LogP contribution in [0.5, 0.6) is 0 Å². The molecule has 1 aliphatic rings. The number of anilines is 2. The zero-order chi connectivity index (χ0) is 19.8. The van der Waals surface area contributed by atoms with Crippen LogP contribution in [0.3, 0.4) is 0 Å². The zero-order valence-corrected chi connectivity index (χ0v) is 16.4. The van der Waals surface area contributed by atoms with Crippen LogP contribution in [0.25, 0.3) is 22.3 Å². The molecule has 1 aliphatic heterocycles. The van der Waals surface area contributed by atoms with E-state index in [0.29, 0.717) is 13.2 Å². The molecule has 5 heterocycles. The minimum Gasteiger partial charge on any atom is -0.383 e. The number of aryl methyl sites for hydroxylation is 1. The third-order valence-electron chi connectivity index (χ3n) is 5.29. The van der Waals surface area contributed by atoms with Crippen molar-refractivity contribution in [1.82, 2.24) is 39.0 Å². The first-order valence-electron chi connectivity index (χ1n) is 9.53. The molecular weight excluding hydrogens is 372 g/mol. The Kier molecular flexibility index (Phi) is 4.43. The molecule has 0 radical (unpaired) electrons. The van der Waals surface area contributed by atoms with Gasteiger partial charge in [0.2, 0.25) is 0 Å². The number of rotatable bonds is 5. The smallest absolute Gasteiger partial charge is 0.182 e. The molecule has 1 fully saturated rings. The molecule has 4 aromatic heterocycles. The van der Waals surface area contributed by atoms with E-state index in [0.717, 1.165) is 60.1 Å². The lowest BCUT2D eigenvalue weighted by Gasteiger charge is -2.36. The second-order valence-corrected chi connectivity index (χ2v) is 7.00. The first-order chi connectivity index (χ1) is 14.3. The van der Waals surface area contributed by atoms with Crippen LogP contribution in [-0.4, -0.2) is 78.9 Å². The largest absolute Gasteiger partial charge is 0.383 e. The molecule has 29 heavy (non-hydrogen) atoms. The fourth-order valence-corrected chi connectivity index (χ4v) is 3.78. The Bertz CT molecular complexity index is 1140. The van der Waals surface area contributed by atoms with Crippen molar-refractivity contribution in [3.05, 3.63) is 25.3 Å². The van der Waals surface area contributed by atoms with Crippen molar-refractivity contribution in [2.75, 3.05) is 49.7 Å². The lowest BCUT2D eigenvalue weighted by Crippen LogP contribution is -2.47. The Morgan fingerprint density at radius 1 is 0.862 bits per heavy atom. The van der Waals surface area contributed by atoms with E-state index in [1.165, 1.54) is 0 Å². The predicted molar refractivity (Wildman–Crippen MR) is 108 cm³/mol. The van der Waals surface area contributed by atoms with Crippen LogP contribution < -0.4 is 9.80 Å². The summed E-state index contributed by atoms with van der Waals surface area (Å²) in [6.07, 6.45) is 6.77. The molecule has 0 bridgehead atoms. The molecule has 0 atom stereocenters. The normalized spacial score (nSPS) is 15.0. The van der Waals surface area contributed by atoms with Crippen LogP contribution in [0, 0.1) is 0 Å². The molecule has 0 N–H and O–H groups in total. The van der Waals surface area contributed by atoms with Crippen molar-refractivity contribution in [2.24, 2.45) is 7.05 Å². The van der Waals surface area contributed by atoms with Crippen LogP contribution in [0.4, 0.5) is 11.6 Å². The third kappa shape index (κ3) is 3.03. The molecule has 0 saturated carbocycles. The van der Waals surface area contributed by atoms with Gasteiger partial charge >= 0.3 is 0 Å². The fourth-order valence-electron chi connectivity index (χ4n) is 3.78. The van der Waals surface area contributed by atoms with E-state index in [1.807, 2.05) is 16.2 Å². The summed E-state index contributed by atoms with van der Waals surface area (Å²) in [7, 11) is 3.66. The Labute approximate surface area is 167 Å². The third-order valence-corrected chi connectivity index (χ3v) is 5.29. The van der Waals surface area contributed by atoms with Gasteiger partial charge in [-0.2, -0.15) is 0 Å². The van der Waals surface area contributed by atoms with E-state index in [2.05, 4.69) is 39.7 Å². The monoisotopic (exact) mass is 394 g/mol. The Morgan fingerprint density at radius 3 is 2.38 bits per heavy atom. The van der Waals surface area contributed by atoms with Crippen LogP contribution in [0.2, 0.25) is 0 Å². The summed E-state index contributed by atoms with van der Waals surface area (Å²) in [5, 5.41) is 0. The summed E-state index contributed by atoms with van der Waals surface area (Å²) in [6, 6.07) is 0. The fraction of sp³-hybridized carbons (Fsp3) is 0.444. The van der Waals surface area contributed by atoms with Gasteiger partial charge in [0, 0.05) is 46.9 Å². The van der Waals surface area contributed by atoms with Gasteiger partial charge in [-0.3, -0.25) is 0 Å². The molecule has 1 saturated heterocycles. The summed E-state index contributed by atoms with van der Waals surface area (Å²) in [5.74, 6) is 1.80. The Morgan fingerprint density at radius 2 is 1.59 bits per heavy atom. The molecule has 0 spiro atoms. The second kappa shape index (κ2) is 7.24. The van der Waals surface area contributed by atoms with E-state index >= 15 is 0 Å². The van der Waals surface area contributed by atoms with Crippen LogP contribution in [0.1, 0.15) is 0 Å². The quantitative estimate of drug-likeness (QED) is 0.478. The van der Waals surface area contributed by atoms with Gasteiger partial charge in [-0.25, -0.2) is 29.9 Å². The molecule has 0 amide bonds. The van der Waals surface area contributed by atoms with E-state index in [9.17, 15) is 0 Å². The minimum atomic E-state index is 0.616. The first kappa shape index (κ1) is 17.7. The number of fused-ring (bicyclic) bond motifs is 2. The topological polar surface area (TPSA) is 103 Å². The first-order valence-corrected chi connectivity index (χ1v) is 9.53. The summed E-state index contributed by atoms with van der Waals surface area (Å²) in [6.45, 7) is 4.62. The number of aromatic nitrogens is 8. The van der Waals surface area contributed by atoms with Crippen LogP contribution in [0.15, 0.2) is 25.3 Å². The maximum Gasteiger partial charge on any atom is 0.182 e. The van der Waals surface area contributed by atoms with Crippen molar-refractivity contribution in [3.8, 4) is 0 Å². The average Bonchev–Trinajstić information content (AvgIpc) is 3.36. The van der Waals surface area contributed by atoms with E-state index < -0.39 is 0 Å². The number of hydrogen-bond donors (Lipinski definition) is 0. The van der Waals surface area contributed by atoms with Crippen molar-refractivity contribution < 1.29 is 4.74 Å². The highest BCUT2D eigenvalue weighted by molar-refractivity contribution is 5.85. The maximum absolute atomic E-state index is 5.17. The number of imidazole rings is 2. The van der Waals surface area contributed by atoms with Gasteiger partial charge in [0.25, 0.3) is 0 Å². The van der Waals surface area contributed by atoms with Crippen molar-refractivity contribution in [1.29, 1.82) is 0 Å². The van der Waals surface area contributed by atoms with E-state index in [-0.39, 0.29) is 0 Å². The van der Waals surface area contributed by atoms with Gasteiger partial charge in [-0.1, -0.05) is 0 Å². The highest BCUT2D eigenvalue weighted by atomic mass is 16.5. The maximum atomic E-state index is 5.17. The van der Waals surface area contributed by atoms with Gasteiger partial charge < -0.3 is 23.7 Å². The Hall–Kier alpha value is -3.34. The molecule has 11 heteroatoms. The average molecular weight is 394 g/mol. The number of piperazine rings is 1. The Balaban J connectivity index is 1.38.